The number of likely N-dealkylation sites (N-methyl/N-ethyl adjacent to an activating group) is 2. The SMILES string of the molecule is COCc1nc(C(=O)N(C)CCN(C)C(=O)C2CCOc3ccccc32)co1. The van der Waals surface area contributed by atoms with Crippen molar-refractivity contribution in [3.63, 3.8) is 0 Å². The zero-order valence-corrected chi connectivity index (χ0v) is 16.4. The molecule has 1 aromatic carbocycles. The number of benzene rings is 1. The van der Waals surface area contributed by atoms with Gasteiger partial charge in [0.25, 0.3) is 5.91 Å². The molecule has 28 heavy (non-hydrogen) atoms. The number of amides is 2. The van der Waals surface area contributed by atoms with E-state index in [1.54, 1.807) is 19.0 Å². The summed E-state index contributed by atoms with van der Waals surface area (Å²) in [6, 6.07) is 7.63. The Morgan fingerprint density at radius 3 is 2.75 bits per heavy atom. The van der Waals surface area contributed by atoms with Crippen molar-refractivity contribution in [3.8, 4) is 5.75 Å². The summed E-state index contributed by atoms with van der Waals surface area (Å²) in [6.07, 6.45) is 1.97. The Bertz CT molecular complexity index is 835. The third kappa shape index (κ3) is 4.33. The van der Waals surface area contributed by atoms with Gasteiger partial charge in [-0.2, -0.15) is 0 Å². The lowest BCUT2D eigenvalue weighted by molar-refractivity contribution is -0.132. The van der Waals surface area contributed by atoms with E-state index in [2.05, 4.69) is 4.98 Å². The predicted molar refractivity (Wildman–Crippen MR) is 101 cm³/mol. The molecule has 8 heteroatoms. The van der Waals surface area contributed by atoms with Gasteiger partial charge in [-0.1, -0.05) is 18.2 Å². The van der Waals surface area contributed by atoms with Gasteiger partial charge in [-0.25, -0.2) is 4.98 Å². The maximum Gasteiger partial charge on any atom is 0.275 e. The molecule has 0 spiro atoms. The minimum absolute atomic E-state index is 0.0282. The van der Waals surface area contributed by atoms with Crippen molar-refractivity contribution in [2.45, 2.75) is 18.9 Å². The first-order valence-electron chi connectivity index (χ1n) is 9.16. The topological polar surface area (TPSA) is 85.1 Å². The average molecular weight is 387 g/mol. The number of hydrogen-bond donors (Lipinski definition) is 0. The summed E-state index contributed by atoms with van der Waals surface area (Å²) in [6.45, 7) is 1.54. The Labute approximate surface area is 164 Å². The molecule has 0 bridgehead atoms. The number of ether oxygens (including phenoxy) is 2. The van der Waals surface area contributed by atoms with Gasteiger partial charge in [0, 0.05) is 39.9 Å². The van der Waals surface area contributed by atoms with Crippen LogP contribution in [0.15, 0.2) is 34.9 Å². The highest BCUT2D eigenvalue weighted by molar-refractivity contribution is 5.91. The summed E-state index contributed by atoms with van der Waals surface area (Å²) in [5, 5.41) is 0. The van der Waals surface area contributed by atoms with Gasteiger partial charge in [0.15, 0.2) is 5.69 Å². The molecule has 0 N–H and O–H groups in total. The first-order chi connectivity index (χ1) is 13.5. The van der Waals surface area contributed by atoms with Gasteiger partial charge < -0.3 is 23.7 Å². The van der Waals surface area contributed by atoms with Gasteiger partial charge in [-0.05, 0) is 12.5 Å². The van der Waals surface area contributed by atoms with Crippen molar-refractivity contribution in [3.05, 3.63) is 47.7 Å². The molecule has 150 valence electrons. The summed E-state index contributed by atoms with van der Waals surface area (Å²) < 4.78 is 15.8. The zero-order chi connectivity index (χ0) is 20.1. The molecule has 1 atom stereocenters. The van der Waals surface area contributed by atoms with Crippen molar-refractivity contribution in [2.75, 3.05) is 40.9 Å². The number of aromatic nitrogens is 1. The number of carbonyl (C=O) groups is 2. The molecule has 0 radical (unpaired) electrons. The molecule has 0 aliphatic carbocycles. The fourth-order valence-electron chi connectivity index (χ4n) is 3.17. The van der Waals surface area contributed by atoms with Crippen molar-refractivity contribution in [1.29, 1.82) is 0 Å². The van der Waals surface area contributed by atoms with Crippen LogP contribution in [0, 0.1) is 0 Å². The highest BCUT2D eigenvalue weighted by Crippen LogP contribution is 2.34. The van der Waals surface area contributed by atoms with Crippen LogP contribution in [0.25, 0.3) is 0 Å². The number of oxazole rings is 1. The number of hydrogen-bond acceptors (Lipinski definition) is 6. The smallest absolute Gasteiger partial charge is 0.275 e. The molecule has 3 rings (SSSR count). The van der Waals surface area contributed by atoms with E-state index in [1.807, 2.05) is 24.3 Å². The van der Waals surface area contributed by atoms with Crippen LogP contribution in [-0.4, -0.2) is 67.5 Å². The number of fused-ring (bicyclic) bond motifs is 1. The van der Waals surface area contributed by atoms with E-state index in [9.17, 15) is 9.59 Å². The van der Waals surface area contributed by atoms with Crippen LogP contribution in [0.1, 0.15) is 34.3 Å². The number of rotatable bonds is 7. The Hall–Kier alpha value is -2.87. The van der Waals surface area contributed by atoms with Crippen LogP contribution in [-0.2, 0) is 16.1 Å². The Morgan fingerprint density at radius 1 is 1.21 bits per heavy atom. The van der Waals surface area contributed by atoms with E-state index >= 15 is 0 Å². The maximum absolute atomic E-state index is 12.9. The predicted octanol–water partition coefficient (Wildman–Crippen LogP) is 1.92. The number of para-hydroxylation sites is 1. The minimum atomic E-state index is -0.261. The lowest BCUT2D eigenvalue weighted by Crippen LogP contribution is -2.40. The second-order valence-corrected chi connectivity index (χ2v) is 6.77. The minimum Gasteiger partial charge on any atom is -0.493 e. The lowest BCUT2D eigenvalue weighted by atomic mass is 9.92. The van der Waals surface area contributed by atoms with Gasteiger partial charge in [0.2, 0.25) is 11.8 Å². The molecule has 2 aromatic rings. The van der Waals surface area contributed by atoms with Crippen LogP contribution in [0.3, 0.4) is 0 Å². The first kappa shape index (κ1) is 19.9. The molecular formula is C20H25N3O5. The number of nitrogens with zero attached hydrogens (tertiary/aromatic N) is 3. The molecule has 0 saturated carbocycles. The second-order valence-electron chi connectivity index (χ2n) is 6.77. The standard InChI is InChI=1S/C20H25N3O5/c1-22(19(24)15-8-11-27-17-7-5-4-6-14(15)17)9-10-23(2)20(25)16-12-28-18(21-16)13-26-3/h4-7,12,15H,8-11,13H2,1-3H3. The fraction of sp³-hybridized carbons (Fsp3) is 0.450. The maximum atomic E-state index is 12.9. The van der Waals surface area contributed by atoms with Crippen LogP contribution < -0.4 is 4.74 Å². The molecule has 0 fully saturated rings. The summed E-state index contributed by atoms with van der Waals surface area (Å²) in [5.74, 6) is 0.669. The highest BCUT2D eigenvalue weighted by Gasteiger charge is 2.29. The molecule has 1 unspecified atom stereocenters. The van der Waals surface area contributed by atoms with Crippen LogP contribution in [0.5, 0.6) is 5.75 Å². The fourth-order valence-corrected chi connectivity index (χ4v) is 3.17. The number of carbonyl (C=O) groups excluding carboxylic acids is 2. The van der Waals surface area contributed by atoms with E-state index in [1.165, 1.54) is 18.3 Å². The normalized spacial score (nSPS) is 15.5. The summed E-state index contributed by atoms with van der Waals surface area (Å²) in [7, 11) is 4.96. The van der Waals surface area contributed by atoms with E-state index in [0.717, 1.165) is 11.3 Å². The lowest BCUT2D eigenvalue weighted by Gasteiger charge is -2.29. The van der Waals surface area contributed by atoms with Crippen molar-refractivity contribution in [1.82, 2.24) is 14.8 Å². The second kappa shape index (κ2) is 8.88. The Balaban J connectivity index is 1.56. The monoisotopic (exact) mass is 387 g/mol. The molecule has 1 aliphatic rings. The van der Waals surface area contributed by atoms with Gasteiger partial charge >= 0.3 is 0 Å². The van der Waals surface area contributed by atoms with Crippen LogP contribution in [0.2, 0.25) is 0 Å². The number of methoxy groups -OCH3 is 1. The van der Waals surface area contributed by atoms with E-state index in [4.69, 9.17) is 13.9 Å². The Morgan fingerprint density at radius 2 is 1.96 bits per heavy atom. The van der Waals surface area contributed by atoms with E-state index < -0.39 is 0 Å². The molecular weight excluding hydrogens is 362 g/mol. The summed E-state index contributed by atoms with van der Waals surface area (Å²) in [4.78, 5) is 32.7. The van der Waals surface area contributed by atoms with E-state index in [0.29, 0.717) is 32.0 Å². The third-order valence-corrected chi connectivity index (χ3v) is 4.79. The van der Waals surface area contributed by atoms with Crippen LogP contribution in [0.4, 0.5) is 0 Å². The molecule has 8 nitrogen and oxygen atoms in total. The Kier molecular flexibility index (Phi) is 6.30. The molecule has 1 aromatic heterocycles. The summed E-state index contributed by atoms with van der Waals surface area (Å²) in [5.41, 5.74) is 1.14. The quantitative estimate of drug-likeness (QED) is 0.722. The zero-order valence-electron chi connectivity index (χ0n) is 16.4. The third-order valence-electron chi connectivity index (χ3n) is 4.79. The molecule has 2 amide bonds. The molecule has 1 aliphatic heterocycles. The summed E-state index contributed by atoms with van der Waals surface area (Å²) >= 11 is 0. The highest BCUT2D eigenvalue weighted by atomic mass is 16.5. The van der Waals surface area contributed by atoms with Crippen molar-refractivity contribution in [2.24, 2.45) is 0 Å². The molecule has 0 saturated heterocycles. The van der Waals surface area contributed by atoms with Crippen molar-refractivity contribution < 1.29 is 23.5 Å². The largest absolute Gasteiger partial charge is 0.493 e. The average Bonchev–Trinajstić information content (AvgIpc) is 3.19. The van der Waals surface area contributed by atoms with E-state index in [-0.39, 0.29) is 30.0 Å². The van der Waals surface area contributed by atoms with Gasteiger partial charge in [0.1, 0.15) is 18.6 Å². The van der Waals surface area contributed by atoms with Gasteiger partial charge in [0.05, 0.1) is 12.5 Å². The van der Waals surface area contributed by atoms with Crippen LogP contribution >= 0.6 is 0 Å². The van der Waals surface area contributed by atoms with Gasteiger partial charge in [-0.15, -0.1) is 0 Å². The molecule has 2 heterocycles. The van der Waals surface area contributed by atoms with Crippen molar-refractivity contribution >= 4 is 11.8 Å². The first-order valence-corrected chi connectivity index (χ1v) is 9.16. The van der Waals surface area contributed by atoms with Gasteiger partial charge in [-0.3, -0.25) is 9.59 Å².